The van der Waals surface area contributed by atoms with Crippen LogP contribution in [0.3, 0.4) is 0 Å². The number of benzene rings is 2. The second kappa shape index (κ2) is 8.33. The summed E-state index contributed by atoms with van der Waals surface area (Å²) in [6.45, 7) is 0. The molecule has 0 unspecified atom stereocenters. The van der Waals surface area contributed by atoms with Gasteiger partial charge >= 0.3 is 0 Å². The molecule has 0 atom stereocenters. The normalized spacial score (nSPS) is 10.6. The molecule has 0 bridgehead atoms. The van der Waals surface area contributed by atoms with Gasteiger partial charge in [0.2, 0.25) is 5.91 Å². The molecule has 2 aromatic carbocycles. The summed E-state index contributed by atoms with van der Waals surface area (Å²) in [7, 11) is 0. The average molecular weight is 428 g/mol. The first-order valence-electron chi connectivity index (χ1n) is 7.05. The molecule has 0 saturated heterocycles. The van der Waals surface area contributed by atoms with Gasteiger partial charge in [-0.15, -0.1) is 5.10 Å². The molecule has 4 nitrogen and oxygen atoms in total. The summed E-state index contributed by atoms with van der Waals surface area (Å²) in [6, 6.07) is 14.2. The van der Waals surface area contributed by atoms with E-state index in [1.165, 1.54) is 23.1 Å². The maximum absolute atomic E-state index is 12.0. The first-order valence-corrected chi connectivity index (χ1v) is 10.0. The molecule has 0 aliphatic heterocycles. The Morgan fingerprint density at radius 3 is 2.36 bits per heavy atom. The molecule has 0 radical (unpaired) electrons. The molecular formula is C16H11Cl2N3OS3. The maximum atomic E-state index is 12.0. The number of anilines is 1. The molecule has 3 aromatic rings. The molecular weight excluding hydrogens is 417 g/mol. The molecule has 1 N–H and O–H groups in total. The van der Waals surface area contributed by atoms with E-state index >= 15 is 0 Å². The predicted octanol–water partition coefficient (Wildman–Crippen LogP) is 5.70. The molecule has 0 saturated carbocycles. The van der Waals surface area contributed by atoms with Gasteiger partial charge < -0.3 is 5.32 Å². The Balaban J connectivity index is 1.63. The summed E-state index contributed by atoms with van der Waals surface area (Å²) in [5.74, 6) is 0.123. The Labute approximate surface area is 167 Å². The van der Waals surface area contributed by atoms with Crippen LogP contribution in [0.5, 0.6) is 0 Å². The molecule has 0 fully saturated rings. The number of carbonyl (C=O) groups is 1. The smallest absolute Gasteiger partial charge is 0.234 e. The predicted molar refractivity (Wildman–Crippen MR) is 108 cm³/mol. The summed E-state index contributed by atoms with van der Waals surface area (Å²) in [6.07, 6.45) is 0. The summed E-state index contributed by atoms with van der Waals surface area (Å²) >= 11 is 19.8. The quantitative estimate of drug-likeness (QED) is 0.418. The van der Waals surface area contributed by atoms with Gasteiger partial charge in [-0.2, -0.15) is 0 Å². The molecule has 3 rings (SSSR count). The van der Waals surface area contributed by atoms with Crippen molar-refractivity contribution in [2.45, 2.75) is 4.34 Å². The van der Waals surface area contributed by atoms with Crippen molar-refractivity contribution in [3.63, 3.8) is 0 Å². The highest BCUT2D eigenvalue weighted by molar-refractivity contribution is 8.01. The molecule has 128 valence electrons. The van der Waals surface area contributed by atoms with Crippen molar-refractivity contribution >= 4 is 70.1 Å². The molecule has 1 heterocycles. The SMILES string of the molecule is O=C(CSc1nn(-c2ccc(Cl)cc2)c(=S)s1)Nc1ccc(Cl)cc1. The Morgan fingerprint density at radius 2 is 1.72 bits per heavy atom. The van der Waals surface area contributed by atoms with Gasteiger partial charge in [-0.25, -0.2) is 4.68 Å². The zero-order valence-electron chi connectivity index (χ0n) is 12.6. The van der Waals surface area contributed by atoms with E-state index < -0.39 is 0 Å². The number of rotatable bonds is 5. The number of amides is 1. The first kappa shape index (κ1) is 18.4. The minimum Gasteiger partial charge on any atom is -0.325 e. The molecule has 0 aliphatic rings. The first-order chi connectivity index (χ1) is 12.0. The van der Waals surface area contributed by atoms with Crippen molar-refractivity contribution < 1.29 is 4.79 Å². The third-order valence-corrected chi connectivity index (χ3v) is 5.92. The number of nitrogens with one attached hydrogen (secondary N) is 1. The number of halogens is 2. The minimum atomic E-state index is -0.119. The molecule has 1 aromatic heterocycles. The van der Waals surface area contributed by atoms with Crippen LogP contribution in [-0.2, 0) is 4.79 Å². The number of hydrogen-bond acceptors (Lipinski definition) is 5. The van der Waals surface area contributed by atoms with Crippen LogP contribution in [0, 0.1) is 3.95 Å². The Bertz CT molecular complexity index is 937. The van der Waals surface area contributed by atoms with E-state index in [1.54, 1.807) is 41.1 Å². The molecule has 25 heavy (non-hydrogen) atoms. The van der Waals surface area contributed by atoms with Gasteiger partial charge in [0.25, 0.3) is 0 Å². The summed E-state index contributed by atoms with van der Waals surface area (Å²) in [5.41, 5.74) is 1.54. The van der Waals surface area contributed by atoms with Crippen LogP contribution in [0.25, 0.3) is 5.69 Å². The van der Waals surface area contributed by atoms with Crippen molar-refractivity contribution in [1.82, 2.24) is 9.78 Å². The fraction of sp³-hybridized carbons (Fsp3) is 0.0625. The van der Waals surface area contributed by atoms with Gasteiger partial charge in [-0.1, -0.05) is 46.3 Å². The van der Waals surface area contributed by atoms with E-state index in [-0.39, 0.29) is 11.7 Å². The second-order valence-corrected chi connectivity index (χ2v) is 8.58. The summed E-state index contributed by atoms with van der Waals surface area (Å²) < 4.78 is 3.00. The van der Waals surface area contributed by atoms with Crippen LogP contribution in [-0.4, -0.2) is 21.4 Å². The third-order valence-electron chi connectivity index (χ3n) is 3.06. The summed E-state index contributed by atoms with van der Waals surface area (Å²) in [5, 5.41) is 8.54. The largest absolute Gasteiger partial charge is 0.325 e. The van der Waals surface area contributed by atoms with Crippen molar-refractivity contribution in [3.05, 3.63) is 62.5 Å². The Morgan fingerprint density at radius 1 is 1.12 bits per heavy atom. The topological polar surface area (TPSA) is 46.9 Å². The van der Waals surface area contributed by atoms with Gasteiger partial charge in [0.1, 0.15) is 0 Å². The van der Waals surface area contributed by atoms with Crippen LogP contribution in [0.1, 0.15) is 0 Å². The highest BCUT2D eigenvalue weighted by Gasteiger charge is 2.09. The van der Waals surface area contributed by atoms with Gasteiger partial charge in [0, 0.05) is 15.7 Å². The zero-order chi connectivity index (χ0) is 17.8. The number of hydrogen-bond donors (Lipinski definition) is 1. The van der Waals surface area contributed by atoms with Crippen molar-refractivity contribution in [2.75, 3.05) is 11.1 Å². The zero-order valence-corrected chi connectivity index (χ0v) is 16.6. The maximum Gasteiger partial charge on any atom is 0.234 e. The lowest BCUT2D eigenvalue weighted by Gasteiger charge is -2.04. The molecule has 0 spiro atoms. The number of nitrogens with zero attached hydrogens (tertiary/aromatic N) is 2. The van der Waals surface area contributed by atoms with E-state index in [1.807, 2.05) is 12.1 Å². The van der Waals surface area contributed by atoms with Crippen LogP contribution >= 0.6 is 58.5 Å². The Kier molecular flexibility index (Phi) is 6.14. The fourth-order valence-electron chi connectivity index (χ4n) is 1.92. The number of carbonyl (C=O) groups excluding carboxylic acids is 1. The Hall–Kier alpha value is -1.38. The molecule has 0 aliphatic carbocycles. The lowest BCUT2D eigenvalue weighted by molar-refractivity contribution is -0.113. The van der Waals surface area contributed by atoms with Gasteiger partial charge in [-0.05, 0) is 60.7 Å². The average Bonchev–Trinajstić information content (AvgIpc) is 2.97. The van der Waals surface area contributed by atoms with Crippen molar-refractivity contribution in [2.24, 2.45) is 0 Å². The van der Waals surface area contributed by atoms with Gasteiger partial charge in [0.15, 0.2) is 8.29 Å². The summed E-state index contributed by atoms with van der Waals surface area (Å²) in [4.78, 5) is 12.0. The molecule has 9 heteroatoms. The standard InChI is InChI=1S/C16H11Cl2N3OS3/c17-10-1-5-12(6-2-10)19-14(22)9-24-15-20-21(16(23)25-15)13-7-3-11(18)4-8-13/h1-8H,9H2,(H,19,22). The van der Waals surface area contributed by atoms with Crippen molar-refractivity contribution in [1.29, 1.82) is 0 Å². The number of aromatic nitrogens is 2. The van der Waals surface area contributed by atoms with E-state index in [0.29, 0.717) is 19.7 Å². The fourth-order valence-corrected chi connectivity index (χ4v) is 4.34. The van der Waals surface area contributed by atoms with Gasteiger partial charge in [0.05, 0.1) is 11.4 Å². The van der Waals surface area contributed by atoms with Gasteiger partial charge in [-0.3, -0.25) is 4.79 Å². The van der Waals surface area contributed by atoms with Crippen LogP contribution in [0.15, 0.2) is 52.9 Å². The monoisotopic (exact) mass is 427 g/mol. The lowest BCUT2D eigenvalue weighted by Crippen LogP contribution is -2.13. The third kappa shape index (κ3) is 5.05. The van der Waals surface area contributed by atoms with E-state index in [9.17, 15) is 4.79 Å². The van der Waals surface area contributed by atoms with Crippen LogP contribution < -0.4 is 5.32 Å². The van der Waals surface area contributed by atoms with Crippen LogP contribution in [0.4, 0.5) is 5.69 Å². The second-order valence-electron chi connectivity index (χ2n) is 4.87. The van der Waals surface area contributed by atoms with Crippen LogP contribution in [0.2, 0.25) is 10.0 Å². The van der Waals surface area contributed by atoms with E-state index in [2.05, 4.69) is 10.4 Å². The van der Waals surface area contributed by atoms with E-state index in [0.717, 1.165) is 10.0 Å². The number of thioether (sulfide) groups is 1. The molecule has 1 amide bonds. The lowest BCUT2D eigenvalue weighted by atomic mass is 10.3. The van der Waals surface area contributed by atoms with Crippen molar-refractivity contribution in [3.8, 4) is 5.69 Å². The van der Waals surface area contributed by atoms with E-state index in [4.69, 9.17) is 35.4 Å². The highest BCUT2D eigenvalue weighted by atomic mass is 35.5. The highest BCUT2D eigenvalue weighted by Crippen LogP contribution is 2.25. The minimum absolute atomic E-state index is 0.119.